The quantitative estimate of drug-likeness (QED) is 0.0667. The van der Waals surface area contributed by atoms with E-state index in [-0.39, 0.29) is 17.7 Å². The average Bonchev–Trinajstić information content (AvgIpc) is 3.16. The third kappa shape index (κ3) is 397. The van der Waals surface area contributed by atoms with Crippen molar-refractivity contribution < 1.29 is 62.4 Å². The highest BCUT2D eigenvalue weighted by molar-refractivity contribution is 7.97. The first kappa shape index (κ1) is 114. The zero-order chi connectivity index (χ0) is 67.2. The van der Waals surface area contributed by atoms with E-state index in [1.165, 1.54) is 53.8 Å². The molecule has 0 unspecified atom stereocenters. The first-order chi connectivity index (χ1) is 33.5. The molecule has 0 fully saturated rings. The summed E-state index contributed by atoms with van der Waals surface area (Å²) in [5, 5.41) is 0. The predicted molar refractivity (Wildman–Crippen MR) is 353 cm³/mol. The molecular formula is C47H120N8O14P2S6. The van der Waals surface area contributed by atoms with Gasteiger partial charge in [0.15, 0.2) is 0 Å². The lowest BCUT2D eigenvalue weighted by Crippen LogP contribution is -2.19. The molecule has 0 aromatic carbocycles. The Balaban J connectivity index is -0.0000000414. The van der Waals surface area contributed by atoms with Gasteiger partial charge in [-0.3, -0.25) is 28.4 Å². The van der Waals surface area contributed by atoms with Crippen LogP contribution in [0.15, 0.2) is 9.98 Å². The van der Waals surface area contributed by atoms with Crippen LogP contribution in [0.25, 0.3) is 0 Å². The maximum absolute atomic E-state index is 10.8. The zero-order valence-electron chi connectivity index (χ0n) is 56.1. The Bertz CT molecular complexity index is 1790. The molecule has 1 amide bonds. The molecule has 0 saturated carbocycles. The Kier molecular flexibility index (Phi) is 110. The minimum atomic E-state index is -3.16. The summed E-state index contributed by atoms with van der Waals surface area (Å²) in [6.45, 7) is 26.3. The molecule has 0 rings (SSSR count). The molecule has 77 heavy (non-hydrogen) atoms. The van der Waals surface area contributed by atoms with Crippen molar-refractivity contribution in [3.8, 4) is 0 Å². The summed E-state index contributed by atoms with van der Waals surface area (Å²) < 4.78 is 95.6. The van der Waals surface area contributed by atoms with Gasteiger partial charge in [-0.1, -0.05) is 24.4 Å². The maximum atomic E-state index is 10.8. The number of hydrogen-bond donors (Lipinski definition) is 0. The van der Waals surface area contributed by atoms with E-state index in [4.69, 9.17) is 12.2 Å². The summed E-state index contributed by atoms with van der Waals surface area (Å²) >= 11 is 11.0. The molecule has 0 saturated heterocycles. The molecule has 22 nitrogen and oxygen atoms in total. The SMILES string of the molecule is CC(=O)N(C)C.CC(=S)N(C)C.CC(C)=O.CC(C)=S.CN(C)C.CN(C)P(C)(C)=O.CN(C)S(C)(=O)=O.CN=C(C)C.CN=C(C)N(C)C.COC.COC(C)=O.COS(C)(=O)=O.CP(C)(C)=O.CS(C)(=O)=O.CSC. The van der Waals surface area contributed by atoms with Crippen LogP contribution in [0, 0.1) is 0 Å². The Morgan fingerprint density at radius 2 is 0.675 bits per heavy atom. The molecule has 0 heterocycles. The van der Waals surface area contributed by atoms with Crippen LogP contribution in [0.1, 0.15) is 69.2 Å². The van der Waals surface area contributed by atoms with Crippen LogP contribution in [0.4, 0.5) is 0 Å². The molecule has 0 aliphatic rings. The van der Waals surface area contributed by atoms with Crippen LogP contribution in [0.2, 0.25) is 0 Å². The molecule has 0 radical (unpaired) electrons. The summed E-state index contributed by atoms with van der Waals surface area (Å²) in [5.74, 6) is 1.07. The number of amidine groups is 1. The first-order valence-corrected chi connectivity index (χ1v) is 36.3. The molecule has 0 aliphatic carbocycles. The Morgan fingerprint density at radius 3 is 0.675 bits per heavy atom. The molecule has 0 bridgehead atoms. The van der Waals surface area contributed by atoms with E-state index < -0.39 is 44.4 Å². The molecule has 30 heteroatoms. The number of Topliss-reactive ketones (excluding diaryl/α,β-unsaturated/α-hetero) is 1. The number of ketones is 1. The van der Waals surface area contributed by atoms with E-state index in [2.05, 4.69) is 35.9 Å². The zero-order valence-corrected chi connectivity index (χ0v) is 62.8. The summed E-state index contributed by atoms with van der Waals surface area (Å²) in [6, 6.07) is 0. The highest BCUT2D eigenvalue weighted by atomic mass is 32.2. The second-order valence-corrected chi connectivity index (χ2v) is 33.5. The Hall–Kier alpha value is -1.81. The van der Waals surface area contributed by atoms with Crippen molar-refractivity contribution in [3.63, 3.8) is 0 Å². The van der Waals surface area contributed by atoms with Crippen LogP contribution in [0.5, 0.6) is 0 Å². The summed E-state index contributed by atoms with van der Waals surface area (Å²) in [6.07, 6.45) is 8.56. The summed E-state index contributed by atoms with van der Waals surface area (Å²) in [5.41, 5.74) is 1.13. The third-order valence-corrected chi connectivity index (χ3v) is 9.12. The number of sulfone groups is 1. The number of hydrogen-bond acceptors (Lipinski definition) is 20. The average molecular weight is 1280 g/mol. The van der Waals surface area contributed by atoms with Gasteiger partial charge in [0.2, 0.25) is 15.9 Å². The fourth-order valence-electron chi connectivity index (χ4n) is 0.200. The molecule has 0 aliphatic heterocycles. The van der Waals surface area contributed by atoms with Crippen molar-refractivity contribution in [2.75, 3.05) is 205 Å². The van der Waals surface area contributed by atoms with Gasteiger partial charge < -0.3 is 43.0 Å². The van der Waals surface area contributed by atoms with Gasteiger partial charge in [-0.15, -0.1) is 0 Å². The summed E-state index contributed by atoms with van der Waals surface area (Å²) in [7, 11) is 20.9. The minimum absolute atomic E-state index is 0.0926. The Morgan fingerprint density at radius 1 is 0.545 bits per heavy atom. The summed E-state index contributed by atoms with van der Waals surface area (Å²) in [4.78, 5) is 46.2. The van der Waals surface area contributed by atoms with Gasteiger partial charge in [0.25, 0.3) is 10.1 Å². The standard InChI is InChI=1S/C5H12N2.C4H12NOP.C4H9NO.C4H9NS.C4H9N.C3H9NO2S.C3H9N.C3H6O2.C3H9OP.C3H6O.C3H6S.C2H6O3S.C2H6O2S.C2H6O.C2H6S/c1-5(6-2)7(3)4;1-5(2)7(3,4)6;2*1-4(6)5(2)3;1-4(2)5-3;1-4(2)7(3,5)6;1-4(2)3;1-3(4)5-2;1-5(2,3)4;2*1-3(2)4;1-5-6(2,3)4;1-5(2,3)4;2*1-3-2/h2*1-4H3;2*1-3H3;1-3H3;1-3H3;1-3H3;1-2H3;1-3H3;2*1-2H3;1-2H3;1-2H3;2*1-2H3. The van der Waals surface area contributed by atoms with Gasteiger partial charge >= 0.3 is 5.97 Å². The number of methoxy groups -OCH3 is 2. The predicted octanol–water partition coefficient (Wildman–Crippen LogP) is 7.36. The van der Waals surface area contributed by atoms with Gasteiger partial charge in [0.1, 0.15) is 22.9 Å². The minimum Gasteiger partial charge on any atom is -0.469 e. The number of ether oxygens (including phenoxy) is 2. The van der Waals surface area contributed by atoms with Crippen molar-refractivity contribution in [2.24, 2.45) is 9.98 Å². The first-order valence-electron chi connectivity index (χ1n) is 22.3. The number of thioether (sulfide) groups is 1. The van der Waals surface area contributed by atoms with Crippen molar-refractivity contribution >= 4 is 120 Å². The van der Waals surface area contributed by atoms with E-state index in [9.17, 15) is 48.8 Å². The van der Waals surface area contributed by atoms with Gasteiger partial charge in [0.05, 0.1) is 44.7 Å². The van der Waals surface area contributed by atoms with Crippen LogP contribution in [0.3, 0.4) is 0 Å². The van der Waals surface area contributed by atoms with E-state index in [1.807, 2.05) is 132 Å². The van der Waals surface area contributed by atoms with Crippen molar-refractivity contribution in [1.29, 1.82) is 0 Å². The Labute approximate surface area is 491 Å². The van der Waals surface area contributed by atoms with Crippen molar-refractivity contribution in [3.05, 3.63) is 0 Å². The molecule has 0 spiro atoms. The van der Waals surface area contributed by atoms with Crippen LogP contribution >= 0.6 is 50.6 Å². The van der Waals surface area contributed by atoms with E-state index in [1.54, 1.807) is 92.2 Å². The molecule has 478 valence electrons. The second-order valence-electron chi connectivity index (χ2n) is 17.9. The lowest BCUT2D eigenvalue weighted by Gasteiger charge is -2.13. The van der Waals surface area contributed by atoms with Gasteiger partial charge in [-0.05, 0) is 128 Å². The van der Waals surface area contributed by atoms with E-state index >= 15 is 0 Å². The largest absolute Gasteiger partial charge is 0.469 e. The third-order valence-electron chi connectivity index (χ3n) is 4.89. The van der Waals surface area contributed by atoms with Crippen molar-refractivity contribution in [2.45, 2.75) is 69.2 Å². The number of esters is 1. The molecule has 0 atom stereocenters. The smallest absolute Gasteiger partial charge is 0.302 e. The fraction of sp³-hybridized carbons (Fsp3) is 0.851. The highest BCUT2D eigenvalue weighted by Crippen LogP contribution is 2.37. The number of sulfonamides is 1. The highest BCUT2D eigenvalue weighted by Gasteiger charge is 2.07. The number of carbonyl (C=O) groups is 3. The number of rotatable bonds is 3. The van der Waals surface area contributed by atoms with E-state index in [0.717, 1.165) is 57.8 Å². The van der Waals surface area contributed by atoms with Crippen molar-refractivity contribution in [1.82, 2.24) is 28.6 Å². The molecular weight excluding hydrogens is 1150 g/mol. The molecule has 0 aromatic rings. The van der Waals surface area contributed by atoms with E-state index in [0.29, 0.717) is 0 Å². The monoisotopic (exact) mass is 1270 g/mol. The number of amides is 1. The lowest BCUT2D eigenvalue weighted by atomic mass is 10.5. The number of carbonyl (C=O) groups excluding carboxylic acids is 3. The fourth-order valence-corrected chi connectivity index (χ4v) is 0.200. The number of thiocarbonyl (C=S) groups is 2. The molecule has 0 N–H and O–H groups in total. The van der Waals surface area contributed by atoms with Gasteiger partial charge in [-0.25, -0.2) is 21.1 Å². The van der Waals surface area contributed by atoms with Gasteiger partial charge in [-0.2, -0.15) is 20.2 Å². The molecule has 0 aromatic heterocycles. The van der Waals surface area contributed by atoms with Gasteiger partial charge in [0, 0.05) is 130 Å². The number of nitrogens with zero attached hydrogens (tertiary/aromatic N) is 8. The van der Waals surface area contributed by atoms with Crippen LogP contribution in [-0.2, 0) is 67.1 Å². The van der Waals surface area contributed by atoms with Crippen LogP contribution in [-0.4, -0.2) is 298 Å². The number of aliphatic imine (C=N–C) groups is 2. The maximum Gasteiger partial charge on any atom is 0.302 e. The van der Waals surface area contributed by atoms with Crippen LogP contribution < -0.4 is 0 Å². The second kappa shape index (κ2) is 74.2. The topological polar surface area (TPSA) is 260 Å². The normalized spacial score (nSPS) is 9.52. The lowest BCUT2D eigenvalue weighted by molar-refractivity contribution is -0.138.